The zero-order chi connectivity index (χ0) is 30.4. The quantitative estimate of drug-likeness (QED) is 0.0887. The van der Waals surface area contributed by atoms with E-state index in [4.69, 9.17) is 27.0 Å². The first-order chi connectivity index (χ1) is 20.5. The van der Waals surface area contributed by atoms with Crippen molar-refractivity contribution in [1.29, 1.82) is 10.8 Å². The molecule has 0 saturated carbocycles. The first kappa shape index (κ1) is 33.4. The van der Waals surface area contributed by atoms with Crippen molar-refractivity contribution in [3.63, 3.8) is 0 Å². The van der Waals surface area contributed by atoms with Crippen LogP contribution in [0.5, 0.6) is 5.75 Å². The molecule has 6 N–H and O–H groups in total. The van der Waals surface area contributed by atoms with Crippen molar-refractivity contribution in [2.24, 2.45) is 11.5 Å². The van der Waals surface area contributed by atoms with Gasteiger partial charge >= 0.3 is 0 Å². The molecule has 0 aliphatic rings. The van der Waals surface area contributed by atoms with Gasteiger partial charge in [-0.2, -0.15) is 0 Å². The lowest BCUT2D eigenvalue weighted by Crippen LogP contribution is -2.37. The Morgan fingerprint density at radius 1 is 0.571 bits per heavy atom. The molecule has 0 aliphatic heterocycles. The van der Waals surface area contributed by atoms with Crippen molar-refractivity contribution in [2.75, 3.05) is 19.7 Å². The zero-order valence-electron chi connectivity index (χ0n) is 25.0. The summed E-state index contributed by atoms with van der Waals surface area (Å²) in [6.45, 7) is 7.42. The lowest BCUT2D eigenvalue weighted by Gasteiger charge is -2.22. The number of nitrogens with one attached hydrogen (secondary N) is 2. The second-order valence-electron chi connectivity index (χ2n) is 9.34. The highest BCUT2D eigenvalue weighted by Gasteiger charge is 2.08. The molecule has 0 heterocycles. The first-order valence-electron chi connectivity index (χ1n) is 14.5. The fraction of sp³-hybridized carbons (Fsp3) is 0.257. The Kier molecular flexibility index (Phi) is 16.0. The number of nitrogens with two attached hydrogens (primary N) is 2. The van der Waals surface area contributed by atoms with Gasteiger partial charge in [0.15, 0.2) is 11.9 Å². The van der Waals surface area contributed by atoms with Crippen LogP contribution in [-0.4, -0.2) is 41.4 Å². The zero-order valence-corrected chi connectivity index (χ0v) is 25.0. The van der Waals surface area contributed by atoms with Gasteiger partial charge in [0, 0.05) is 26.2 Å². The fourth-order valence-electron chi connectivity index (χ4n) is 4.05. The molecular formula is C35H46N6O. The van der Waals surface area contributed by atoms with Crippen LogP contribution in [0.15, 0.2) is 121 Å². The molecule has 222 valence electrons. The Bertz CT molecular complexity index is 1250. The number of rotatable bonds is 12. The molecule has 0 atom stereocenters. The summed E-state index contributed by atoms with van der Waals surface area (Å²) in [5.41, 5.74) is 14.9. The van der Waals surface area contributed by atoms with Gasteiger partial charge < -0.3 is 26.0 Å². The SMILES string of the molecule is CC.N=C(N)N(CCCOc1ccccc1)Cc1ccccc1.N=C(N)N(CCc1ccccc1)Cc1ccccc1. The topological polar surface area (TPSA) is 115 Å². The molecule has 0 unspecified atom stereocenters. The van der Waals surface area contributed by atoms with E-state index in [2.05, 4.69) is 24.3 Å². The van der Waals surface area contributed by atoms with Crippen molar-refractivity contribution in [1.82, 2.24) is 9.80 Å². The molecule has 0 saturated heterocycles. The van der Waals surface area contributed by atoms with Crippen molar-refractivity contribution in [3.8, 4) is 5.75 Å². The van der Waals surface area contributed by atoms with Crippen LogP contribution in [0.1, 0.15) is 37.0 Å². The Morgan fingerprint density at radius 2 is 0.952 bits per heavy atom. The number of nitrogens with zero attached hydrogens (tertiary/aromatic N) is 2. The van der Waals surface area contributed by atoms with Crippen molar-refractivity contribution in [3.05, 3.63) is 138 Å². The Hall–Kier alpha value is -4.78. The van der Waals surface area contributed by atoms with Crippen LogP contribution in [0.25, 0.3) is 0 Å². The van der Waals surface area contributed by atoms with Crippen LogP contribution in [-0.2, 0) is 19.5 Å². The fourth-order valence-corrected chi connectivity index (χ4v) is 4.05. The molecule has 0 fully saturated rings. The summed E-state index contributed by atoms with van der Waals surface area (Å²) < 4.78 is 5.65. The molecule has 4 aromatic carbocycles. The monoisotopic (exact) mass is 566 g/mol. The van der Waals surface area contributed by atoms with E-state index in [1.807, 2.05) is 121 Å². The molecule has 7 nitrogen and oxygen atoms in total. The molecule has 0 amide bonds. The van der Waals surface area contributed by atoms with E-state index in [9.17, 15) is 0 Å². The summed E-state index contributed by atoms with van der Waals surface area (Å²) in [5.74, 6) is 1.09. The van der Waals surface area contributed by atoms with E-state index >= 15 is 0 Å². The van der Waals surface area contributed by atoms with E-state index in [1.54, 1.807) is 0 Å². The Morgan fingerprint density at radius 3 is 1.38 bits per heavy atom. The third kappa shape index (κ3) is 13.5. The van der Waals surface area contributed by atoms with Gasteiger partial charge in [0.25, 0.3) is 0 Å². The third-order valence-corrected chi connectivity index (χ3v) is 6.21. The maximum atomic E-state index is 7.67. The van der Waals surface area contributed by atoms with Gasteiger partial charge in [-0.3, -0.25) is 10.8 Å². The average Bonchev–Trinajstić information content (AvgIpc) is 3.04. The number of benzene rings is 4. The van der Waals surface area contributed by atoms with E-state index < -0.39 is 0 Å². The van der Waals surface area contributed by atoms with Gasteiger partial charge in [0.05, 0.1) is 6.61 Å². The van der Waals surface area contributed by atoms with Crippen LogP contribution in [0.3, 0.4) is 0 Å². The van der Waals surface area contributed by atoms with E-state index in [1.165, 1.54) is 11.1 Å². The predicted molar refractivity (Wildman–Crippen MR) is 176 cm³/mol. The van der Waals surface area contributed by atoms with Crippen molar-refractivity contribution < 1.29 is 4.74 Å². The molecule has 7 heteroatoms. The number of hydrogen-bond donors (Lipinski definition) is 4. The van der Waals surface area contributed by atoms with Gasteiger partial charge in [0.1, 0.15) is 5.75 Å². The molecule has 4 rings (SSSR count). The molecule has 4 aromatic rings. The van der Waals surface area contributed by atoms with Crippen LogP contribution < -0.4 is 16.2 Å². The van der Waals surface area contributed by atoms with Gasteiger partial charge in [-0.25, -0.2) is 0 Å². The van der Waals surface area contributed by atoms with E-state index in [0.29, 0.717) is 26.2 Å². The lowest BCUT2D eigenvalue weighted by atomic mass is 10.1. The Labute approximate surface area is 251 Å². The van der Waals surface area contributed by atoms with E-state index in [-0.39, 0.29) is 11.9 Å². The van der Waals surface area contributed by atoms with Gasteiger partial charge in [0.2, 0.25) is 0 Å². The highest BCUT2D eigenvalue weighted by atomic mass is 16.5. The van der Waals surface area contributed by atoms with Crippen molar-refractivity contribution >= 4 is 11.9 Å². The van der Waals surface area contributed by atoms with E-state index in [0.717, 1.165) is 30.7 Å². The highest BCUT2D eigenvalue weighted by Crippen LogP contribution is 2.10. The summed E-state index contributed by atoms with van der Waals surface area (Å²) in [7, 11) is 0. The molecule has 0 spiro atoms. The number of hydrogen-bond acceptors (Lipinski definition) is 3. The van der Waals surface area contributed by atoms with Crippen LogP contribution in [0, 0.1) is 10.8 Å². The molecule has 0 aromatic heterocycles. The molecule has 0 radical (unpaired) electrons. The maximum absolute atomic E-state index is 7.67. The smallest absolute Gasteiger partial charge is 0.188 e. The van der Waals surface area contributed by atoms with Crippen LogP contribution in [0.2, 0.25) is 0 Å². The van der Waals surface area contributed by atoms with Crippen LogP contribution >= 0.6 is 0 Å². The minimum absolute atomic E-state index is 0.0959. The minimum atomic E-state index is 0.0959. The Balaban J connectivity index is 0.000000278. The number of guanidine groups is 2. The van der Waals surface area contributed by atoms with Crippen molar-refractivity contribution in [2.45, 2.75) is 39.8 Å². The predicted octanol–water partition coefficient (Wildman–Crippen LogP) is 6.50. The highest BCUT2D eigenvalue weighted by molar-refractivity contribution is 5.75. The van der Waals surface area contributed by atoms with Gasteiger partial charge in [-0.05, 0) is 41.7 Å². The normalized spacial score (nSPS) is 9.76. The standard InChI is InChI=1S/C17H21N3O.C16H19N3.C2H6/c18-17(19)20(14-15-8-3-1-4-9-15)12-7-13-21-16-10-5-2-6-11-16;17-16(18)19(13-15-9-5-2-6-10-15)12-11-14-7-3-1-4-8-14;1-2/h1-6,8-11H,7,12-14H2,(H3,18,19);1-10H,11-13H2,(H3,17,18);1-2H3. The number of ether oxygens (including phenoxy) is 1. The minimum Gasteiger partial charge on any atom is -0.494 e. The second kappa shape index (κ2) is 20.2. The molecule has 0 bridgehead atoms. The molecule has 42 heavy (non-hydrogen) atoms. The number of para-hydroxylation sites is 1. The lowest BCUT2D eigenvalue weighted by molar-refractivity contribution is 0.283. The van der Waals surface area contributed by atoms with Gasteiger partial charge in [-0.1, -0.05) is 123 Å². The first-order valence-corrected chi connectivity index (χ1v) is 14.5. The van der Waals surface area contributed by atoms with Gasteiger partial charge in [-0.15, -0.1) is 0 Å². The summed E-state index contributed by atoms with van der Waals surface area (Å²) in [4.78, 5) is 3.74. The summed E-state index contributed by atoms with van der Waals surface area (Å²) in [6, 6.07) is 40.2. The summed E-state index contributed by atoms with van der Waals surface area (Å²) >= 11 is 0. The summed E-state index contributed by atoms with van der Waals surface area (Å²) in [5, 5.41) is 15.3. The average molecular weight is 567 g/mol. The third-order valence-electron chi connectivity index (χ3n) is 6.21. The second-order valence-corrected chi connectivity index (χ2v) is 9.34. The van der Waals surface area contributed by atoms with Crippen LogP contribution in [0.4, 0.5) is 0 Å². The largest absolute Gasteiger partial charge is 0.494 e. The summed E-state index contributed by atoms with van der Waals surface area (Å²) in [6.07, 6.45) is 1.72. The maximum Gasteiger partial charge on any atom is 0.188 e. The molecule has 0 aliphatic carbocycles. The molecular weight excluding hydrogens is 520 g/mol.